The molecule has 0 saturated carbocycles. The second kappa shape index (κ2) is 5.72. The third-order valence-corrected chi connectivity index (χ3v) is 2.25. The molecule has 0 aliphatic rings. The zero-order chi connectivity index (χ0) is 12.1. The number of carbonyl (C=O) groups is 1. The SMILES string of the molecule is CONC(=O)C(C)Oc1ccc(Cl)cc1C. The number of rotatable bonds is 4. The smallest absolute Gasteiger partial charge is 0.284 e. The molecule has 5 heteroatoms. The van der Waals surface area contributed by atoms with E-state index in [9.17, 15) is 4.79 Å². The molecule has 0 fully saturated rings. The maximum Gasteiger partial charge on any atom is 0.284 e. The Labute approximate surface area is 99.5 Å². The Morgan fingerprint density at radius 1 is 1.50 bits per heavy atom. The normalized spacial score (nSPS) is 12.0. The molecule has 0 spiro atoms. The summed E-state index contributed by atoms with van der Waals surface area (Å²) in [6.45, 7) is 3.50. The molecule has 88 valence electrons. The van der Waals surface area contributed by atoms with E-state index < -0.39 is 6.10 Å². The van der Waals surface area contributed by atoms with Crippen LogP contribution in [0.25, 0.3) is 0 Å². The Kier molecular flexibility index (Phi) is 4.58. The first-order valence-corrected chi connectivity index (χ1v) is 5.18. The topological polar surface area (TPSA) is 47.6 Å². The molecular weight excluding hydrogens is 230 g/mol. The number of hydrogen-bond donors (Lipinski definition) is 1. The lowest BCUT2D eigenvalue weighted by Crippen LogP contribution is -2.35. The van der Waals surface area contributed by atoms with Gasteiger partial charge in [-0.1, -0.05) is 11.6 Å². The second-order valence-electron chi connectivity index (χ2n) is 3.34. The van der Waals surface area contributed by atoms with Crippen LogP contribution >= 0.6 is 11.6 Å². The van der Waals surface area contributed by atoms with E-state index in [0.29, 0.717) is 10.8 Å². The predicted molar refractivity (Wildman–Crippen MR) is 61.4 cm³/mol. The molecule has 1 amide bonds. The number of ether oxygens (including phenoxy) is 1. The summed E-state index contributed by atoms with van der Waals surface area (Å²) < 4.78 is 5.46. The lowest BCUT2D eigenvalue weighted by atomic mass is 10.2. The molecule has 1 N–H and O–H groups in total. The van der Waals surface area contributed by atoms with Gasteiger partial charge in [-0.3, -0.25) is 9.63 Å². The first-order valence-electron chi connectivity index (χ1n) is 4.80. The molecule has 16 heavy (non-hydrogen) atoms. The summed E-state index contributed by atoms with van der Waals surface area (Å²) in [5.74, 6) is 0.292. The van der Waals surface area contributed by atoms with Crippen molar-refractivity contribution in [2.24, 2.45) is 0 Å². The van der Waals surface area contributed by atoms with Crippen LogP contribution in [0.1, 0.15) is 12.5 Å². The quantitative estimate of drug-likeness (QED) is 0.824. The Hall–Kier alpha value is -1.26. The van der Waals surface area contributed by atoms with Crippen LogP contribution in [0.3, 0.4) is 0 Å². The van der Waals surface area contributed by atoms with Gasteiger partial charge in [0.05, 0.1) is 7.11 Å². The van der Waals surface area contributed by atoms with Crippen molar-refractivity contribution < 1.29 is 14.4 Å². The van der Waals surface area contributed by atoms with Gasteiger partial charge in [-0.2, -0.15) is 0 Å². The Morgan fingerprint density at radius 2 is 2.19 bits per heavy atom. The highest BCUT2D eigenvalue weighted by atomic mass is 35.5. The minimum absolute atomic E-state index is 0.336. The average Bonchev–Trinajstić information content (AvgIpc) is 2.22. The maximum atomic E-state index is 11.3. The zero-order valence-corrected chi connectivity index (χ0v) is 10.2. The molecule has 0 radical (unpaired) electrons. The Bertz CT molecular complexity index is 381. The van der Waals surface area contributed by atoms with E-state index in [1.807, 2.05) is 6.92 Å². The lowest BCUT2D eigenvalue weighted by molar-refractivity contribution is -0.137. The van der Waals surface area contributed by atoms with E-state index in [1.54, 1.807) is 25.1 Å². The van der Waals surface area contributed by atoms with Gasteiger partial charge in [0.15, 0.2) is 6.10 Å². The van der Waals surface area contributed by atoms with Crippen LogP contribution < -0.4 is 10.2 Å². The van der Waals surface area contributed by atoms with Gasteiger partial charge in [0.25, 0.3) is 5.91 Å². The van der Waals surface area contributed by atoms with Crippen LogP contribution in [0.4, 0.5) is 0 Å². The van der Waals surface area contributed by atoms with Crippen LogP contribution in [-0.2, 0) is 9.63 Å². The molecule has 0 aliphatic carbocycles. The van der Waals surface area contributed by atoms with E-state index in [4.69, 9.17) is 16.3 Å². The van der Waals surface area contributed by atoms with E-state index in [-0.39, 0.29) is 5.91 Å². The number of amides is 1. The van der Waals surface area contributed by atoms with E-state index in [1.165, 1.54) is 7.11 Å². The van der Waals surface area contributed by atoms with Crippen LogP contribution in [-0.4, -0.2) is 19.1 Å². The number of hydrogen-bond acceptors (Lipinski definition) is 3. The third kappa shape index (κ3) is 3.40. The second-order valence-corrected chi connectivity index (χ2v) is 3.78. The fourth-order valence-corrected chi connectivity index (χ4v) is 1.40. The first kappa shape index (κ1) is 12.8. The molecule has 0 saturated heterocycles. The van der Waals surface area contributed by atoms with Gasteiger partial charge in [-0.05, 0) is 37.6 Å². The summed E-state index contributed by atoms with van der Waals surface area (Å²) in [7, 11) is 1.37. The molecule has 0 bridgehead atoms. The van der Waals surface area contributed by atoms with Crippen LogP contribution in [0, 0.1) is 6.92 Å². The summed E-state index contributed by atoms with van der Waals surface area (Å²) in [6.07, 6.45) is -0.625. The summed E-state index contributed by atoms with van der Waals surface area (Å²) >= 11 is 5.81. The molecule has 0 aliphatic heterocycles. The zero-order valence-electron chi connectivity index (χ0n) is 9.41. The van der Waals surface area contributed by atoms with Crippen molar-refractivity contribution in [2.45, 2.75) is 20.0 Å². The molecule has 1 aromatic rings. The van der Waals surface area contributed by atoms with Gasteiger partial charge in [0.2, 0.25) is 0 Å². The Balaban J connectivity index is 2.69. The first-order chi connectivity index (χ1) is 7.54. The summed E-state index contributed by atoms with van der Waals surface area (Å²) in [6, 6.07) is 5.22. The predicted octanol–water partition coefficient (Wildman–Crippen LogP) is 2.09. The van der Waals surface area contributed by atoms with Crippen molar-refractivity contribution in [3.05, 3.63) is 28.8 Å². The average molecular weight is 244 g/mol. The molecular formula is C11H14ClNO3. The fourth-order valence-electron chi connectivity index (χ4n) is 1.17. The summed E-state index contributed by atoms with van der Waals surface area (Å²) in [5, 5.41) is 0.638. The van der Waals surface area contributed by atoms with Gasteiger partial charge in [0.1, 0.15) is 5.75 Å². The van der Waals surface area contributed by atoms with E-state index in [0.717, 1.165) is 5.56 Å². The minimum atomic E-state index is -0.625. The van der Waals surface area contributed by atoms with E-state index in [2.05, 4.69) is 10.3 Å². The van der Waals surface area contributed by atoms with Crippen LogP contribution in [0.15, 0.2) is 18.2 Å². The van der Waals surface area contributed by atoms with Gasteiger partial charge < -0.3 is 4.74 Å². The molecule has 0 heterocycles. The van der Waals surface area contributed by atoms with Crippen molar-refractivity contribution in [3.8, 4) is 5.75 Å². The van der Waals surface area contributed by atoms with Gasteiger partial charge >= 0.3 is 0 Å². The number of halogens is 1. The molecule has 1 aromatic carbocycles. The molecule has 1 rings (SSSR count). The number of aryl methyl sites for hydroxylation is 1. The Morgan fingerprint density at radius 3 is 2.75 bits per heavy atom. The fraction of sp³-hybridized carbons (Fsp3) is 0.364. The van der Waals surface area contributed by atoms with Gasteiger partial charge in [-0.15, -0.1) is 0 Å². The number of nitrogens with one attached hydrogen (secondary N) is 1. The molecule has 1 unspecified atom stereocenters. The van der Waals surface area contributed by atoms with Crippen LogP contribution in [0.2, 0.25) is 5.02 Å². The van der Waals surface area contributed by atoms with Crippen LogP contribution in [0.5, 0.6) is 5.75 Å². The number of benzene rings is 1. The maximum absolute atomic E-state index is 11.3. The van der Waals surface area contributed by atoms with Crippen molar-refractivity contribution in [1.29, 1.82) is 0 Å². The number of carbonyl (C=O) groups excluding carboxylic acids is 1. The highest BCUT2D eigenvalue weighted by Gasteiger charge is 2.15. The standard InChI is InChI=1S/C11H14ClNO3/c1-7-6-9(12)4-5-10(7)16-8(2)11(14)13-15-3/h4-6,8H,1-3H3,(H,13,14). The summed E-state index contributed by atoms with van der Waals surface area (Å²) in [5.41, 5.74) is 3.09. The third-order valence-electron chi connectivity index (χ3n) is 2.01. The lowest BCUT2D eigenvalue weighted by Gasteiger charge is -2.15. The number of hydroxylamine groups is 1. The van der Waals surface area contributed by atoms with Crippen molar-refractivity contribution in [2.75, 3.05) is 7.11 Å². The van der Waals surface area contributed by atoms with Gasteiger partial charge in [0, 0.05) is 5.02 Å². The summed E-state index contributed by atoms with van der Waals surface area (Å²) in [4.78, 5) is 15.8. The molecule has 0 aromatic heterocycles. The monoisotopic (exact) mass is 243 g/mol. The largest absolute Gasteiger partial charge is 0.481 e. The van der Waals surface area contributed by atoms with E-state index >= 15 is 0 Å². The van der Waals surface area contributed by atoms with Crippen molar-refractivity contribution >= 4 is 17.5 Å². The minimum Gasteiger partial charge on any atom is -0.481 e. The molecule has 1 atom stereocenters. The molecule has 4 nitrogen and oxygen atoms in total. The van der Waals surface area contributed by atoms with Crippen molar-refractivity contribution in [3.63, 3.8) is 0 Å². The van der Waals surface area contributed by atoms with Gasteiger partial charge in [-0.25, -0.2) is 5.48 Å². The highest BCUT2D eigenvalue weighted by molar-refractivity contribution is 6.30. The van der Waals surface area contributed by atoms with Crippen molar-refractivity contribution in [1.82, 2.24) is 5.48 Å². The highest BCUT2D eigenvalue weighted by Crippen LogP contribution is 2.22.